The predicted molar refractivity (Wildman–Crippen MR) is 46.4 cm³/mol. The third kappa shape index (κ3) is 2.05. The van der Waals surface area contributed by atoms with Crippen molar-refractivity contribution in [3.63, 3.8) is 0 Å². The van der Waals surface area contributed by atoms with Gasteiger partial charge in [0.15, 0.2) is 0 Å². The fraction of sp³-hybridized carbons (Fsp3) is 0.900. The Hall–Kier alpha value is -0.330. The van der Waals surface area contributed by atoms with Gasteiger partial charge in [-0.3, -0.25) is 4.79 Å². The molecular formula is C10H18O. The lowest BCUT2D eigenvalue weighted by atomic mass is 9.69. The van der Waals surface area contributed by atoms with E-state index >= 15 is 0 Å². The maximum Gasteiger partial charge on any atom is 0.133 e. The predicted octanol–water partition coefficient (Wildman–Crippen LogP) is 2.79. The molecule has 0 radical (unpaired) electrons. The van der Waals surface area contributed by atoms with E-state index in [1.54, 1.807) is 0 Å². The molecule has 1 rings (SSSR count). The van der Waals surface area contributed by atoms with E-state index < -0.39 is 0 Å². The van der Waals surface area contributed by atoms with Crippen molar-refractivity contribution in [2.24, 2.45) is 11.3 Å². The van der Waals surface area contributed by atoms with Crippen LogP contribution in [0.1, 0.15) is 46.5 Å². The molecule has 0 aliphatic heterocycles. The molecular weight excluding hydrogens is 136 g/mol. The zero-order valence-electron chi connectivity index (χ0n) is 7.81. The van der Waals surface area contributed by atoms with Crippen LogP contribution < -0.4 is 0 Å². The molecule has 0 aromatic rings. The molecule has 2 atom stereocenters. The molecule has 0 saturated heterocycles. The van der Waals surface area contributed by atoms with E-state index in [4.69, 9.17) is 0 Å². The van der Waals surface area contributed by atoms with Crippen LogP contribution in [0.2, 0.25) is 0 Å². The van der Waals surface area contributed by atoms with Crippen molar-refractivity contribution in [3.8, 4) is 0 Å². The highest BCUT2D eigenvalue weighted by atomic mass is 16.1. The van der Waals surface area contributed by atoms with Crippen molar-refractivity contribution in [1.82, 2.24) is 0 Å². The van der Waals surface area contributed by atoms with Gasteiger partial charge in [-0.2, -0.15) is 0 Å². The number of rotatable bonds is 1. The van der Waals surface area contributed by atoms with Crippen molar-refractivity contribution in [3.05, 3.63) is 0 Å². The van der Waals surface area contributed by atoms with Crippen LogP contribution in [0.5, 0.6) is 0 Å². The van der Waals surface area contributed by atoms with E-state index in [9.17, 15) is 4.79 Å². The highest BCUT2D eigenvalue weighted by Gasteiger charge is 2.32. The molecule has 1 aliphatic carbocycles. The Morgan fingerprint density at radius 2 is 2.27 bits per heavy atom. The maximum atomic E-state index is 11.2. The van der Waals surface area contributed by atoms with E-state index in [1.807, 2.05) is 0 Å². The SMILES string of the molecule is CC[C@]1(C)CC(=O)C[C@@H](C)C1. The number of Topliss-reactive ketones (excluding diaryl/α,β-unsaturated/α-hetero) is 1. The van der Waals surface area contributed by atoms with Gasteiger partial charge in [-0.25, -0.2) is 0 Å². The molecule has 0 aromatic heterocycles. The molecule has 0 bridgehead atoms. The lowest BCUT2D eigenvalue weighted by Gasteiger charge is -2.35. The molecule has 1 heteroatoms. The number of carbonyl (C=O) groups is 1. The Labute approximate surface area is 69.2 Å². The zero-order valence-corrected chi connectivity index (χ0v) is 7.81. The van der Waals surface area contributed by atoms with Gasteiger partial charge in [-0.05, 0) is 17.8 Å². The van der Waals surface area contributed by atoms with Crippen LogP contribution in [-0.2, 0) is 4.79 Å². The van der Waals surface area contributed by atoms with Crippen molar-refractivity contribution in [1.29, 1.82) is 0 Å². The summed E-state index contributed by atoms with van der Waals surface area (Å²) in [6.07, 6.45) is 4.00. The monoisotopic (exact) mass is 154 g/mol. The first kappa shape index (κ1) is 8.76. The topological polar surface area (TPSA) is 17.1 Å². The maximum absolute atomic E-state index is 11.2. The van der Waals surface area contributed by atoms with Gasteiger partial charge in [0.25, 0.3) is 0 Å². The molecule has 0 spiro atoms. The molecule has 0 N–H and O–H groups in total. The zero-order chi connectivity index (χ0) is 8.48. The van der Waals surface area contributed by atoms with Crippen LogP contribution in [0, 0.1) is 11.3 Å². The van der Waals surface area contributed by atoms with E-state index in [0.29, 0.717) is 17.1 Å². The van der Waals surface area contributed by atoms with Gasteiger partial charge in [0.1, 0.15) is 5.78 Å². The largest absolute Gasteiger partial charge is 0.300 e. The molecule has 11 heavy (non-hydrogen) atoms. The van der Waals surface area contributed by atoms with Crippen LogP contribution >= 0.6 is 0 Å². The van der Waals surface area contributed by atoms with E-state index in [2.05, 4.69) is 20.8 Å². The minimum Gasteiger partial charge on any atom is -0.300 e. The summed E-state index contributed by atoms with van der Waals surface area (Å²) in [6.45, 7) is 6.61. The molecule has 1 aliphatic rings. The fourth-order valence-electron chi connectivity index (χ4n) is 2.19. The molecule has 0 heterocycles. The van der Waals surface area contributed by atoms with E-state index in [1.165, 1.54) is 6.42 Å². The molecule has 1 saturated carbocycles. The summed E-state index contributed by atoms with van der Waals surface area (Å²) in [7, 11) is 0. The summed E-state index contributed by atoms with van der Waals surface area (Å²) >= 11 is 0. The summed E-state index contributed by atoms with van der Waals surface area (Å²) < 4.78 is 0. The number of hydrogen-bond donors (Lipinski definition) is 0. The average Bonchev–Trinajstić information content (AvgIpc) is 1.84. The molecule has 0 unspecified atom stereocenters. The van der Waals surface area contributed by atoms with Crippen molar-refractivity contribution in [2.75, 3.05) is 0 Å². The number of ketones is 1. The van der Waals surface area contributed by atoms with Gasteiger partial charge in [0, 0.05) is 12.8 Å². The second-order valence-electron chi connectivity index (χ2n) is 4.39. The quantitative estimate of drug-likeness (QED) is 0.567. The molecule has 64 valence electrons. The summed E-state index contributed by atoms with van der Waals surface area (Å²) in [6, 6.07) is 0. The van der Waals surface area contributed by atoms with Crippen LogP contribution in [0.3, 0.4) is 0 Å². The normalized spacial score (nSPS) is 39.2. The fourth-order valence-corrected chi connectivity index (χ4v) is 2.19. The lowest BCUT2D eigenvalue weighted by Crippen LogP contribution is -2.29. The first-order valence-corrected chi connectivity index (χ1v) is 4.57. The minimum atomic E-state index is 0.314. The van der Waals surface area contributed by atoms with Gasteiger partial charge < -0.3 is 0 Å². The highest BCUT2D eigenvalue weighted by Crippen LogP contribution is 2.39. The number of carbonyl (C=O) groups excluding carboxylic acids is 1. The van der Waals surface area contributed by atoms with Crippen LogP contribution in [0.25, 0.3) is 0 Å². The molecule has 1 fully saturated rings. The van der Waals surface area contributed by atoms with E-state index in [-0.39, 0.29) is 0 Å². The third-order valence-electron chi connectivity index (χ3n) is 2.89. The Morgan fingerprint density at radius 3 is 2.73 bits per heavy atom. The second kappa shape index (κ2) is 2.96. The summed E-state index contributed by atoms with van der Waals surface area (Å²) in [5.41, 5.74) is 0.314. The van der Waals surface area contributed by atoms with Gasteiger partial charge in [0.2, 0.25) is 0 Å². The van der Waals surface area contributed by atoms with Crippen LogP contribution in [0.15, 0.2) is 0 Å². The summed E-state index contributed by atoms with van der Waals surface area (Å²) in [5, 5.41) is 0. The summed E-state index contributed by atoms with van der Waals surface area (Å²) in [5.74, 6) is 1.08. The van der Waals surface area contributed by atoms with E-state index in [0.717, 1.165) is 19.3 Å². The second-order valence-corrected chi connectivity index (χ2v) is 4.39. The van der Waals surface area contributed by atoms with Crippen LogP contribution in [-0.4, -0.2) is 5.78 Å². The van der Waals surface area contributed by atoms with Gasteiger partial charge in [-0.15, -0.1) is 0 Å². The molecule has 0 amide bonds. The van der Waals surface area contributed by atoms with Crippen molar-refractivity contribution < 1.29 is 4.79 Å². The van der Waals surface area contributed by atoms with Crippen LogP contribution in [0.4, 0.5) is 0 Å². The smallest absolute Gasteiger partial charge is 0.133 e. The third-order valence-corrected chi connectivity index (χ3v) is 2.89. The lowest BCUT2D eigenvalue weighted by molar-refractivity contribution is -0.125. The molecule has 1 nitrogen and oxygen atoms in total. The molecule has 0 aromatic carbocycles. The van der Waals surface area contributed by atoms with Gasteiger partial charge >= 0.3 is 0 Å². The Bertz CT molecular complexity index is 162. The number of hydrogen-bond acceptors (Lipinski definition) is 1. The average molecular weight is 154 g/mol. The Kier molecular flexibility index (Phi) is 2.36. The van der Waals surface area contributed by atoms with Gasteiger partial charge in [0.05, 0.1) is 0 Å². The first-order valence-electron chi connectivity index (χ1n) is 4.57. The summed E-state index contributed by atoms with van der Waals surface area (Å²) in [4.78, 5) is 11.2. The standard InChI is InChI=1S/C10H18O/c1-4-10(3)6-8(2)5-9(11)7-10/h8H,4-7H2,1-3H3/t8-,10+/m1/s1. The van der Waals surface area contributed by atoms with Crippen molar-refractivity contribution >= 4 is 5.78 Å². The minimum absolute atomic E-state index is 0.314. The Morgan fingerprint density at radius 1 is 1.64 bits per heavy atom. The Balaban J connectivity index is 2.62. The van der Waals surface area contributed by atoms with Crippen molar-refractivity contribution in [2.45, 2.75) is 46.5 Å². The first-order chi connectivity index (χ1) is 5.06. The van der Waals surface area contributed by atoms with Gasteiger partial charge in [-0.1, -0.05) is 27.2 Å². The highest BCUT2D eigenvalue weighted by molar-refractivity contribution is 5.80.